The van der Waals surface area contributed by atoms with Crippen LogP contribution >= 0.6 is 0 Å². The Labute approximate surface area is 191 Å². The van der Waals surface area contributed by atoms with Gasteiger partial charge in [-0.15, -0.1) is 0 Å². The molecule has 0 aliphatic heterocycles. The van der Waals surface area contributed by atoms with E-state index in [9.17, 15) is 4.79 Å². The van der Waals surface area contributed by atoms with Crippen molar-refractivity contribution in [2.45, 2.75) is 53.2 Å². The van der Waals surface area contributed by atoms with Crippen molar-refractivity contribution in [3.8, 4) is 11.1 Å². The molecule has 5 nitrogen and oxygen atoms in total. The molecule has 2 aromatic carbocycles. The molecular formula is C27H34N4O. The molecule has 5 heteroatoms. The van der Waals surface area contributed by atoms with Gasteiger partial charge >= 0.3 is 0 Å². The van der Waals surface area contributed by atoms with Crippen molar-refractivity contribution in [1.29, 1.82) is 0 Å². The number of nitrogens with zero attached hydrogens (tertiary/aromatic N) is 1. The summed E-state index contributed by atoms with van der Waals surface area (Å²) in [5.41, 5.74) is 20.1. The number of pyridine rings is 1. The van der Waals surface area contributed by atoms with Gasteiger partial charge in [-0.25, -0.2) is 0 Å². The number of hydrogen-bond acceptors (Lipinski definition) is 4. The van der Waals surface area contributed by atoms with Crippen LogP contribution in [0.25, 0.3) is 11.1 Å². The highest BCUT2D eigenvalue weighted by Gasteiger charge is 2.21. The molecule has 1 aromatic heterocycles. The zero-order valence-corrected chi connectivity index (χ0v) is 19.3. The van der Waals surface area contributed by atoms with Gasteiger partial charge in [-0.3, -0.25) is 9.78 Å². The van der Waals surface area contributed by atoms with Crippen LogP contribution in [0.3, 0.4) is 0 Å². The van der Waals surface area contributed by atoms with E-state index in [1.54, 1.807) is 0 Å². The molecule has 0 atom stereocenters. The first kappa shape index (κ1) is 23.6. The van der Waals surface area contributed by atoms with Crippen LogP contribution in [-0.2, 0) is 37.3 Å². The van der Waals surface area contributed by atoms with Crippen molar-refractivity contribution in [3.05, 3.63) is 88.2 Å². The van der Waals surface area contributed by atoms with E-state index >= 15 is 0 Å². The quantitative estimate of drug-likeness (QED) is 0.478. The van der Waals surface area contributed by atoms with Crippen molar-refractivity contribution in [3.63, 3.8) is 0 Å². The summed E-state index contributed by atoms with van der Waals surface area (Å²) in [6, 6.07) is 18.1. The lowest BCUT2D eigenvalue weighted by Crippen LogP contribution is -2.26. The van der Waals surface area contributed by atoms with Gasteiger partial charge in [-0.05, 0) is 52.6 Å². The molecule has 0 aliphatic rings. The number of rotatable bonds is 9. The molecule has 0 saturated carbocycles. The smallest absolute Gasteiger partial charge is 0.224 e. The molecule has 3 rings (SSSR count). The monoisotopic (exact) mass is 430 g/mol. The van der Waals surface area contributed by atoms with Crippen LogP contribution < -0.4 is 16.8 Å². The van der Waals surface area contributed by atoms with Gasteiger partial charge in [0.05, 0.1) is 6.42 Å². The Hall–Kier alpha value is -3.02. The maximum atomic E-state index is 12.9. The van der Waals surface area contributed by atoms with Crippen molar-refractivity contribution >= 4 is 5.91 Å². The van der Waals surface area contributed by atoms with Crippen LogP contribution in [0.5, 0.6) is 0 Å². The summed E-state index contributed by atoms with van der Waals surface area (Å²) in [5.74, 6) is 0.429. The van der Waals surface area contributed by atoms with Gasteiger partial charge in [0, 0.05) is 31.0 Å². The van der Waals surface area contributed by atoms with Gasteiger partial charge in [0.2, 0.25) is 5.91 Å². The number of aromatic nitrogens is 1. The highest BCUT2D eigenvalue weighted by Crippen LogP contribution is 2.33. The van der Waals surface area contributed by atoms with E-state index in [0.29, 0.717) is 25.6 Å². The first-order valence-corrected chi connectivity index (χ1v) is 11.2. The molecule has 0 bridgehead atoms. The van der Waals surface area contributed by atoms with Crippen LogP contribution in [0.15, 0.2) is 54.6 Å². The lowest BCUT2D eigenvalue weighted by Gasteiger charge is -2.21. The van der Waals surface area contributed by atoms with Crippen molar-refractivity contribution in [1.82, 2.24) is 10.3 Å². The normalized spacial score (nSPS) is 11.1. The molecule has 168 valence electrons. The molecule has 5 N–H and O–H groups in total. The molecule has 0 aliphatic carbocycles. The fraction of sp³-hybridized carbons (Fsp3) is 0.333. The van der Waals surface area contributed by atoms with E-state index in [2.05, 4.69) is 31.3 Å². The second-order valence-corrected chi connectivity index (χ2v) is 8.62. The Morgan fingerprint density at radius 2 is 1.62 bits per heavy atom. The van der Waals surface area contributed by atoms with Gasteiger partial charge in [0.15, 0.2) is 0 Å². The van der Waals surface area contributed by atoms with E-state index < -0.39 is 0 Å². The maximum absolute atomic E-state index is 12.9. The lowest BCUT2D eigenvalue weighted by atomic mass is 9.88. The van der Waals surface area contributed by atoms with Crippen LogP contribution in [0.1, 0.15) is 47.5 Å². The molecule has 32 heavy (non-hydrogen) atoms. The van der Waals surface area contributed by atoms with Crippen LogP contribution in [0, 0.1) is 12.8 Å². The zero-order valence-electron chi connectivity index (χ0n) is 19.3. The van der Waals surface area contributed by atoms with E-state index in [1.165, 1.54) is 0 Å². The largest absolute Gasteiger partial charge is 0.352 e. The number of aryl methyl sites for hydroxylation is 1. The summed E-state index contributed by atoms with van der Waals surface area (Å²) >= 11 is 0. The van der Waals surface area contributed by atoms with Gasteiger partial charge in [-0.2, -0.15) is 0 Å². The molecular weight excluding hydrogens is 396 g/mol. The topological polar surface area (TPSA) is 94.0 Å². The minimum atomic E-state index is -0.0295. The Bertz CT molecular complexity index is 1040. The van der Waals surface area contributed by atoms with Gasteiger partial charge in [0.25, 0.3) is 0 Å². The summed E-state index contributed by atoms with van der Waals surface area (Å²) in [6.07, 6.45) is 1.11. The fourth-order valence-corrected chi connectivity index (χ4v) is 4.01. The molecule has 0 unspecified atom stereocenters. The number of benzene rings is 2. The third kappa shape index (κ3) is 5.81. The summed E-state index contributed by atoms with van der Waals surface area (Å²) in [6.45, 7) is 7.72. The first-order chi connectivity index (χ1) is 15.4. The SMILES string of the molecule is Cc1nc(CC(C)C)c(CN)c(-c2ccc(CN)cc2)c1CC(=O)NCc1ccccc1. The highest BCUT2D eigenvalue weighted by atomic mass is 16.1. The first-order valence-electron chi connectivity index (χ1n) is 11.2. The van der Waals surface area contributed by atoms with Crippen molar-refractivity contribution < 1.29 is 4.79 Å². The summed E-state index contributed by atoms with van der Waals surface area (Å²) in [7, 11) is 0. The summed E-state index contributed by atoms with van der Waals surface area (Å²) in [5, 5.41) is 3.04. The second-order valence-electron chi connectivity index (χ2n) is 8.62. The predicted molar refractivity (Wildman–Crippen MR) is 131 cm³/mol. The van der Waals surface area contributed by atoms with Crippen LogP contribution in [-0.4, -0.2) is 10.9 Å². The van der Waals surface area contributed by atoms with Gasteiger partial charge < -0.3 is 16.8 Å². The Morgan fingerprint density at radius 3 is 2.22 bits per heavy atom. The average Bonchev–Trinajstić information content (AvgIpc) is 2.79. The van der Waals surface area contributed by atoms with Crippen LogP contribution in [0.2, 0.25) is 0 Å². The van der Waals surface area contributed by atoms with Crippen molar-refractivity contribution in [2.24, 2.45) is 17.4 Å². The Kier molecular flexibility index (Phi) is 8.14. The molecule has 3 aromatic rings. The maximum Gasteiger partial charge on any atom is 0.224 e. The van der Waals surface area contributed by atoms with E-state index in [1.807, 2.05) is 49.4 Å². The number of nitrogens with one attached hydrogen (secondary N) is 1. The molecule has 0 fully saturated rings. The lowest BCUT2D eigenvalue weighted by molar-refractivity contribution is -0.120. The van der Waals surface area contributed by atoms with Crippen molar-refractivity contribution in [2.75, 3.05) is 0 Å². The Balaban J connectivity index is 2.00. The molecule has 0 radical (unpaired) electrons. The third-order valence-electron chi connectivity index (χ3n) is 5.65. The van der Waals surface area contributed by atoms with Crippen LogP contribution in [0.4, 0.5) is 0 Å². The van der Waals surface area contributed by atoms with Gasteiger partial charge in [-0.1, -0.05) is 68.4 Å². The minimum Gasteiger partial charge on any atom is -0.352 e. The molecule has 1 amide bonds. The zero-order chi connectivity index (χ0) is 23.1. The third-order valence-corrected chi connectivity index (χ3v) is 5.65. The number of carbonyl (C=O) groups is 1. The standard InChI is InChI=1S/C27H34N4O/c1-18(2)13-25-24(16-29)27(22-11-9-20(15-28)10-12-22)23(19(3)31-25)14-26(32)30-17-21-7-5-4-6-8-21/h4-12,18H,13-17,28-29H2,1-3H3,(H,30,32). The number of hydrogen-bond donors (Lipinski definition) is 3. The summed E-state index contributed by atoms with van der Waals surface area (Å²) < 4.78 is 0. The van der Waals surface area contributed by atoms with E-state index in [0.717, 1.165) is 51.2 Å². The Morgan fingerprint density at radius 1 is 0.938 bits per heavy atom. The number of carbonyl (C=O) groups excluding carboxylic acids is 1. The summed E-state index contributed by atoms with van der Waals surface area (Å²) in [4.78, 5) is 17.8. The second kappa shape index (κ2) is 11.0. The highest BCUT2D eigenvalue weighted by molar-refractivity contribution is 5.83. The number of nitrogens with two attached hydrogens (primary N) is 2. The fourth-order valence-electron chi connectivity index (χ4n) is 4.01. The minimum absolute atomic E-state index is 0.0295. The predicted octanol–water partition coefficient (Wildman–Crippen LogP) is 4.03. The average molecular weight is 431 g/mol. The van der Waals surface area contributed by atoms with E-state index in [4.69, 9.17) is 16.5 Å². The molecule has 0 saturated heterocycles. The molecule has 1 heterocycles. The van der Waals surface area contributed by atoms with E-state index in [-0.39, 0.29) is 12.3 Å². The molecule has 0 spiro atoms. The number of amides is 1. The van der Waals surface area contributed by atoms with Gasteiger partial charge in [0.1, 0.15) is 0 Å².